The summed E-state index contributed by atoms with van der Waals surface area (Å²) < 4.78 is 1.11. The third-order valence-electron chi connectivity index (χ3n) is 2.22. The van der Waals surface area contributed by atoms with Gasteiger partial charge in [0.05, 0.1) is 12.2 Å². The number of rotatable bonds is 1. The van der Waals surface area contributed by atoms with Crippen molar-refractivity contribution in [2.75, 3.05) is 0 Å². The monoisotopic (exact) mass is 203 g/mol. The van der Waals surface area contributed by atoms with E-state index in [4.69, 9.17) is 10.4 Å². The van der Waals surface area contributed by atoms with Gasteiger partial charge in [0.1, 0.15) is 6.07 Å². The lowest BCUT2D eigenvalue weighted by Crippen LogP contribution is -1.81. The summed E-state index contributed by atoms with van der Waals surface area (Å²) in [6.07, 6.45) is 0. The quantitative estimate of drug-likeness (QED) is 0.774. The summed E-state index contributed by atoms with van der Waals surface area (Å²) in [5.74, 6) is 0. The maximum absolute atomic E-state index is 8.99. The van der Waals surface area contributed by atoms with Crippen LogP contribution in [0.5, 0.6) is 0 Å². The van der Waals surface area contributed by atoms with Gasteiger partial charge < -0.3 is 5.11 Å². The number of fused-ring (bicyclic) bond motifs is 1. The van der Waals surface area contributed by atoms with Crippen molar-refractivity contribution >= 4 is 21.4 Å². The Balaban J connectivity index is 2.79. The number of aliphatic hydroxyl groups excluding tert-OH is 1. The van der Waals surface area contributed by atoms with E-state index in [0.29, 0.717) is 0 Å². The molecular weight excluding hydrogens is 194 g/mol. The minimum Gasteiger partial charge on any atom is -0.392 e. The Bertz CT molecular complexity index is 522. The predicted octanol–water partition coefficient (Wildman–Crippen LogP) is 2.57. The Morgan fingerprint density at radius 3 is 2.93 bits per heavy atom. The van der Waals surface area contributed by atoms with E-state index in [1.54, 1.807) is 11.3 Å². The molecule has 0 aliphatic rings. The van der Waals surface area contributed by atoms with E-state index in [-0.39, 0.29) is 6.61 Å². The van der Waals surface area contributed by atoms with Gasteiger partial charge >= 0.3 is 0 Å². The average molecular weight is 203 g/mol. The fourth-order valence-corrected chi connectivity index (χ4v) is 2.50. The van der Waals surface area contributed by atoms with E-state index in [1.165, 1.54) is 0 Å². The fourth-order valence-electron chi connectivity index (χ4n) is 1.50. The molecule has 0 spiro atoms. The van der Waals surface area contributed by atoms with Gasteiger partial charge in [-0.3, -0.25) is 0 Å². The lowest BCUT2D eigenvalue weighted by molar-refractivity contribution is 0.282. The molecule has 0 aliphatic carbocycles. The van der Waals surface area contributed by atoms with Crippen LogP contribution in [-0.2, 0) is 6.61 Å². The molecule has 0 radical (unpaired) electrons. The summed E-state index contributed by atoms with van der Waals surface area (Å²) in [5, 5.41) is 18.9. The molecule has 14 heavy (non-hydrogen) atoms. The highest BCUT2D eigenvalue weighted by Crippen LogP contribution is 2.30. The van der Waals surface area contributed by atoms with Crippen molar-refractivity contribution < 1.29 is 5.11 Å². The normalized spacial score (nSPS) is 10.4. The van der Waals surface area contributed by atoms with Crippen LogP contribution < -0.4 is 0 Å². The molecule has 3 heteroatoms. The summed E-state index contributed by atoms with van der Waals surface area (Å²) in [7, 11) is 0. The topological polar surface area (TPSA) is 44.0 Å². The predicted molar refractivity (Wildman–Crippen MR) is 57.2 cm³/mol. The van der Waals surface area contributed by atoms with Gasteiger partial charge in [-0.05, 0) is 24.6 Å². The van der Waals surface area contributed by atoms with E-state index in [2.05, 4.69) is 6.07 Å². The molecule has 1 heterocycles. The zero-order valence-electron chi connectivity index (χ0n) is 7.74. The number of aryl methyl sites for hydroxylation is 1. The third kappa shape index (κ3) is 1.29. The molecule has 0 atom stereocenters. The number of benzene rings is 1. The minimum absolute atomic E-state index is 0.0235. The molecule has 2 nitrogen and oxygen atoms in total. The van der Waals surface area contributed by atoms with Crippen molar-refractivity contribution in [3.8, 4) is 6.07 Å². The third-order valence-corrected chi connectivity index (χ3v) is 3.31. The molecular formula is C11H9NOS. The van der Waals surface area contributed by atoms with E-state index in [9.17, 15) is 0 Å². The second-order valence-electron chi connectivity index (χ2n) is 3.13. The highest BCUT2D eigenvalue weighted by molar-refractivity contribution is 7.19. The van der Waals surface area contributed by atoms with Crippen LogP contribution in [0.3, 0.4) is 0 Å². The Kier molecular flexibility index (Phi) is 2.24. The smallest absolute Gasteiger partial charge is 0.101 e. The van der Waals surface area contributed by atoms with Crippen molar-refractivity contribution in [3.05, 3.63) is 34.2 Å². The van der Waals surface area contributed by atoms with Crippen molar-refractivity contribution in [2.45, 2.75) is 13.5 Å². The Morgan fingerprint density at radius 2 is 2.29 bits per heavy atom. The Hall–Kier alpha value is -1.37. The maximum Gasteiger partial charge on any atom is 0.101 e. The van der Waals surface area contributed by atoms with Gasteiger partial charge in [0, 0.05) is 15.0 Å². The number of nitrogens with zero attached hydrogens (tertiary/aromatic N) is 1. The molecule has 2 rings (SSSR count). The molecule has 70 valence electrons. The van der Waals surface area contributed by atoms with Crippen LogP contribution in [0, 0.1) is 18.3 Å². The van der Waals surface area contributed by atoms with E-state index in [1.807, 2.05) is 25.1 Å². The maximum atomic E-state index is 8.99. The van der Waals surface area contributed by atoms with Crippen LogP contribution in [-0.4, -0.2) is 5.11 Å². The minimum atomic E-state index is 0.0235. The first-order valence-corrected chi connectivity index (χ1v) is 5.11. The van der Waals surface area contributed by atoms with Crippen LogP contribution in [0.1, 0.15) is 16.0 Å². The molecule has 0 bridgehead atoms. The molecule has 0 unspecified atom stereocenters. The van der Waals surface area contributed by atoms with E-state index < -0.39 is 0 Å². The van der Waals surface area contributed by atoms with Gasteiger partial charge in [0.2, 0.25) is 0 Å². The standard InChI is InChI=1S/C11H9NOS/c1-7-10(5-12)9-4-8(6-13)2-3-11(9)14-7/h2-4,13H,6H2,1H3. The first-order chi connectivity index (χ1) is 6.76. The second kappa shape index (κ2) is 3.41. The molecule has 0 fully saturated rings. The fraction of sp³-hybridized carbons (Fsp3) is 0.182. The zero-order chi connectivity index (χ0) is 10.1. The zero-order valence-corrected chi connectivity index (χ0v) is 8.56. The molecule has 1 N–H and O–H groups in total. The number of aliphatic hydroxyl groups is 1. The Labute approximate surface area is 86.0 Å². The van der Waals surface area contributed by atoms with Crippen LogP contribution in [0.25, 0.3) is 10.1 Å². The summed E-state index contributed by atoms with van der Waals surface area (Å²) >= 11 is 1.62. The van der Waals surface area contributed by atoms with E-state index >= 15 is 0 Å². The van der Waals surface area contributed by atoms with Crippen molar-refractivity contribution in [3.63, 3.8) is 0 Å². The average Bonchev–Trinajstić information content (AvgIpc) is 2.52. The highest BCUT2D eigenvalue weighted by Gasteiger charge is 2.08. The summed E-state index contributed by atoms with van der Waals surface area (Å²) in [6, 6.07) is 7.93. The SMILES string of the molecule is Cc1sc2ccc(CO)cc2c1C#N. The first kappa shape index (κ1) is 9.20. The lowest BCUT2D eigenvalue weighted by Gasteiger charge is -1.95. The number of thiophene rings is 1. The van der Waals surface area contributed by atoms with Crippen molar-refractivity contribution in [1.29, 1.82) is 5.26 Å². The highest BCUT2D eigenvalue weighted by atomic mass is 32.1. The Morgan fingerprint density at radius 1 is 1.50 bits per heavy atom. The second-order valence-corrected chi connectivity index (χ2v) is 4.39. The molecule has 1 aromatic carbocycles. The van der Waals surface area contributed by atoms with Crippen LogP contribution in [0.15, 0.2) is 18.2 Å². The van der Waals surface area contributed by atoms with E-state index in [0.717, 1.165) is 26.1 Å². The van der Waals surface area contributed by atoms with Gasteiger partial charge in [0.15, 0.2) is 0 Å². The molecule has 0 saturated carbocycles. The van der Waals surface area contributed by atoms with Crippen molar-refractivity contribution in [2.24, 2.45) is 0 Å². The van der Waals surface area contributed by atoms with Crippen LogP contribution in [0.2, 0.25) is 0 Å². The number of hydrogen-bond acceptors (Lipinski definition) is 3. The molecule has 2 aromatic rings. The van der Waals surface area contributed by atoms with Crippen molar-refractivity contribution in [1.82, 2.24) is 0 Å². The number of nitriles is 1. The van der Waals surface area contributed by atoms with Crippen LogP contribution >= 0.6 is 11.3 Å². The largest absolute Gasteiger partial charge is 0.392 e. The summed E-state index contributed by atoms with van der Waals surface area (Å²) in [6.45, 7) is 1.97. The molecule has 1 aromatic heterocycles. The summed E-state index contributed by atoms with van der Waals surface area (Å²) in [5.41, 5.74) is 1.59. The van der Waals surface area contributed by atoms with Gasteiger partial charge in [-0.15, -0.1) is 11.3 Å². The van der Waals surface area contributed by atoms with Crippen LogP contribution in [0.4, 0.5) is 0 Å². The first-order valence-electron chi connectivity index (χ1n) is 4.29. The lowest BCUT2D eigenvalue weighted by atomic mass is 10.1. The van der Waals surface area contributed by atoms with Gasteiger partial charge in [-0.2, -0.15) is 5.26 Å². The van der Waals surface area contributed by atoms with Gasteiger partial charge in [-0.1, -0.05) is 6.07 Å². The summed E-state index contributed by atoms with van der Waals surface area (Å²) in [4.78, 5) is 1.04. The number of hydrogen-bond donors (Lipinski definition) is 1. The molecule has 0 aliphatic heterocycles. The van der Waals surface area contributed by atoms with Gasteiger partial charge in [-0.25, -0.2) is 0 Å². The molecule has 0 amide bonds. The van der Waals surface area contributed by atoms with Gasteiger partial charge in [0.25, 0.3) is 0 Å². The molecule has 0 saturated heterocycles.